The summed E-state index contributed by atoms with van der Waals surface area (Å²) in [6, 6.07) is 37.5. The van der Waals surface area contributed by atoms with Gasteiger partial charge in [0, 0.05) is 18.5 Å². The van der Waals surface area contributed by atoms with Gasteiger partial charge in [0.1, 0.15) is 0 Å². The lowest BCUT2D eigenvalue weighted by Crippen LogP contribution is -2.27. The number of rotatable bonds is 20. The van der Waals surface area contributed by atoms with Crippen molar-refractivity contribution in [2.24, 2.45) is 11.3 Å². The number of thioether (sulfide) groups is 1. The molecule has 2 aliphatic rings. The molecule has 0 unspecified atom stereocenters. The van der Waals surface area contributed by atoms with Crippen molar-refractivity contribution < 1.29 is 36.3 Å². The van der Waals surface area contributed by atoms with Gasteiger partial charge in [0.2, 0.25) is 0 Å². The van der Waals surface area contributed by atoms with Crippen molar-refractivity contribution in [1.29, 1.82) is 0 Å². The zero-order chi connectivity index (χ0) is 40.0. The van der Waals surface area contributed by atoms with Gasteiger partial charge in [-0.05, 0) is 47.3 Å². The second-order valence-corrected chi connectivity index (χ2v) is 18.3. The quantitative estimate of drug-likeness (QED) is 0.0443. The molecule has 16 heteroatoms. The number of aromatic nitrogens is 4. The van der Waals surface area contributed by atoms with E-state index in [4.69, 9.17) is 37.1 Å². The highest BCUT2D eigenvalue weighted by molar-refractivity contribution is 7.98. The third kappa shape index (κ3) is 9.31. The zero-order valence-corrected chi connectivity index (χ0v) is 34.8. The highest BCUT2D eigenvalue weighted by Gasteiger charge is 2.70. The maximum absolute atomic E-state index is 14.9. The van der Waals surface area contributed by atoms with Gasteiger partial charge >= 0.3 is 15.6 Å². The molecular formula is C42H45N5O8P2S. The maximum Gasteiger partial charge on any atom is 0.475 e. The maximum atomic E-state index is 14.9. The predicted molar refractivity (Wildman–Crippen MR) is 222 cm³/mol. The molecule has 0 spiro atoms. The fraction of sp³-hybridized carbons (Fsp3) is 0.310. The topological polar surface area (TPSA) is 145 Å². The summed E-state index contributed by atoms with van der Waals surface area (Å²) < 4.78 is 68.6. The average Bonchev–Trinajstić information content (AvgIpc) is 3.74. The predicted octanol–water partition coefficient (Wildman–Crippen LogP) is 10.0. The molecule has 2 aromatic heterocycles. The van der Waals surface area contributed by atoms with Crippen LogP contribution in [0.4, 0.5) is 5.82 Å². The van der Waals surface area contributed by atoms with Crippen molar-refractivity contribution in [3.05, 3.63) is 150 Å². The lowest BCUT2D eigenvalue weighted by molar-refractivity contribution is 0.0164. The third-order valence-corrected chi connectivity index (χ3v) is 13.9. The number of phosphoric ester groups is 2. The highest BCUT2D eigenvalue weighted by atomic mass is 32.2. The Kier molecular flexibility index (Phi) is 12.6. The van der Waals surface area contributed by atoms with Gasteiger partial charge in [-0.2, -0.15) is 0 Å². The van der Waals surface area contributed by atoms with Crippen molar-refractivity contribution in [1.82, 2.24) is 19.5 Å². The van der Waals surface area contributed by atoms with Crippen LogP contribution >= 0.6 is 27.4 Å². The van der Waals surface area contributed by atoms with E-state index in [-0.39, 0.29) is 45.0 Å². The number of imidazole rings is 1. The molecule has 2 saturated carbocycles. The van der Waals surface area contributed by atoms with Crippen molar-refractivity contribution in [2.75, 3.05) is 25.2 Å². The van der Waals surface area contributed by atoms with Crippen LogP contribution in [0, 0.1) is 11.3 Å². The summed E-state index contributed by atoms with van der Waals surface area (Å²) in [5.74, 6) is 0.540. The highest BCUT2D eigenvalue weighted by Crippen LogP contribution is 2.72. The van der Waals surface area contributed by atoms with Gasteiger partial charge in [0.15, 0.2) is 22.1 Å². The average molecular weight is 842 g/mol. The van der Waals surface area contributed by atoms with E-state index in [9.17, 15) is 9.13 Å². The van der Waals surface area contributed by atoms with Gasteiger partial charge in [-0.25, -0.2) is 24.1 Å². The molecule has 8 rings (SSSR count). The van der Waals surface area contributed by atoms with Crippen molar-refractivity contribution >= 4 is 44.4 Å². The van der Waals surface area contributed by atoms with Gasteiger partial charge in [-0.15, -0.1) is 0 Å². The van der Waals surface area contributed by atoms with E-state index in [2.05, 4.69) is 10.3 Å². The van der Waals surface area contributed by atoms with Crippen LogP contribution in [0.3, 0.4) is 0 Å². The zero-order valence-electron chi connectivity index (χ0n) is 32.2. The first kappa shape index (κ1) is 40.6. The first-order valence-electron chi connectivity index (χ1n) is 19.0. The van der Waals surface area contributed by atoms with E-state index in [0.29, 0.717) is 35.0 Å². The summed E-state index contributed by atoms with van der Waals surface area (Å²) >= 11 is 1.43. The molecule has 2 aliphatic carbocycles. The van der Waals surface area contributed by atoms with Crippen LogP contribution in [0.2, 0.25) is 0 Å². The Morgan fingerprint density at radius 1 is 0.707 bits per heavy atom. The molecule has 58 heavy (non-hydrogen) atoms. The second kappa shape index (κ2) is 18.0. The Balaban J connectivity index is 1.11. The molecular weight excluding hydrogens is 797 g/mol. The van der Waals surface area contributed by atoms with Gasteiger partial charge in [-0.3, -0.25) is 27.1 Å². The summed E-state index contributed by atoms with van der Waals surface area (Å²) in [6.45, 7) is -0.0586. The summed E-state index contributed by atoms with van der Waals surface area (Å²) in [6.07, 6.45) is 3.94. The lowest BCUT2D eigenvalue weighted by atomic mass is 10.0. The number of phosphoric acid groups is 2. The van der Waals surface area contributed by atoms with E-state index in [1.54, 1.807) is 13.4 Å². The molecule has 0 bridgehead atoms. The van der Waals surface area contributed by atoms with E-state index in [0.717, 1.165) is 22.3 Å². The van der Waals surface area contributed by atoms with Gasteiger partial charge in [-0.1, -0.05) is 133 Å². The van der Waals surface area contributed by atoms with E-state index in [1.807, 2.05) is 132 Å². The number of nitrogens with one attached hydrogen (secondary N) is 1. The smallest absolute Gasteiger partial charge is 0.371 e. The molecule has 0 radical (unpaired) electrons. The van der Waals surface area contributed by atoms with Crippen molar-refractivity contribution in [2.45, 2.75) is 56.6 Å². The Labute approximate surface area is 342 Å². The number of hydrogen-bond donors (Lipinski definition) is 1. The van der Waals surface area contributed by atoms with Crippen LogP contribution in [0.15, 0.2) is 133 Å². The second-order valence-electron chi connectivity index (χ2n) is 14.3. The summed E-state index contributed by atoms with van der Waals surface area (Å²) in [5, 5.41) is 3.74. The summed E-state index contributed by atoms with van der Waals surface area (Å²) in [5.41, 5.74) is 3.75. The normalized spacial score (nSPS) is 20.3. The van der Waals surface area contributed by atoms with Crippen LogP contribution in [0.25, 0.3) is 11.2 Å². The molecule has 4 atom stereocenters. The molecule has 302 valence electrons. The minimum absolute atomic E-state index is 0.000821. The number of nitrogens with zero attached hydrogens (tertiary/aromatic N) is 4. The Bertz CT molecular complexity index is 2290. The fourth-order valence-electron chi connectivity index (χ4n) is 7.45. The largest absolute Gasteiger partial charge is 0.475 e. The van der Waals surface area contributed by atoms with Gasteiger partial charge in [0.05, 0.1) is 45.5 Å². The number of hydrogen-bond acceptors (Lipinski definition) is 13. The molecule has 0 amide bonds. The van der Waals surface area contributed by atoms with Gasteiger partial charge < -0.3 is 9.88 Å². The number of anilines is 1. The van der Waals surface area contributed by atoms with Gasteiger partial charge in [0.25, 0.3) is 0 Å². The van der Waals surface area contributed by atoms with Crippen LogP contribution < -0.4 is 5.32 Å². The molecule has 0 aliphatic heterocycles. The summed E-state index contributed by atoms with van der Waals surface area (Å²) in [4.78, 5) is 14.2. The van der Waals surface area contributed by atoms with Crippen LogP contribution in [0.5, 0.6) is 0 Å². The van der Waals surface area contributed by atoms with Crippen LogP contribution in [-0.2, 0) is 62.7 Å². The number of benzene rings is 4. The Morgan fingerprint density at radius 3 is 1.66 bits per heavy atom. The molecule has 13 nitrogen and oxygen atoms in total. The van der Waals surface area contributed by atoms with Crippen molar-refractivity contribution in [3.63, 3.8) is 0 Å². The standard InChI is InChI=1S/C42H45N5O8P2S/c1-43-39-38-40(46-41(45-39)58-2)47(30-44-38)36-23-37(55-57(49,52-27-33-19-11-5-12-20-33)53-28-34-21-13-6-14-22-34)42(24-35(36)42)29-54-56(48,50-25-31-15-7-3-8-16-31)51-26-32-17-9-4-10-18-32/h3-22,30,35-37H,23-29H2,1-2H3,(H,43,45,46)/t35-,36+,37+,42-/m1/s1. The monoisotopic (exact) mass is 841 g/mol. The summed E-state index contributed by atoms with van der Waals surface area (Å²) in [7, 11) is -6.63. The van der Waals surface area contributed by atoms with Crippen molar-refractivity contribution in [3.8, 4) is 0 Å². The fourth-order valence-corrected chi connectivity index (χ4v) is 10.5. The Hall–Kier alpha value is -4.20. The molecule has 4 aromatic carbocycles. The molecule has 6 aromatic rings. The molecule has 1 N–H and O–H groups in total. The molecule has 2 heterocycles. The molecule has 0 saturated heterocycles. The third-order valence-electron chi connectivity index (χ3n) is 10.6. The first-order valence-corrected chi connectivity index (χ1v) is 23.2. The van der Waals surface area contributed by atoms with E-state index in [1.165, 1.54) is 11.8 Å². The minimum atomic E-state index is -4.25. The number of fused-ring (bicyclic) bond motifs is 2. The molecule has 2 fully saturated rings. The van der Waals surface area contributed by atoms with Crippen LogP contribution in [-0.4, -0.2) is 45.5 Å². The van der Waals surface area contributed by atoms with E-state index >= 15 is 0 Å². The minimum Gasteiger partial charge on any atom is -0.371 e. The van der Waals surface area contributed by atoms with E-state index < -0.39 is 27.2 Å². The lowest BCUT2D eigenvalue weighted by Gasteiger charge is -2.29. The SMILES string of the molecule is CNc1nc(SC)nc2c1ncn2[C@H]1C[C@H](OP(=O)(OCc2ccccc2)OCc2ccccc2)[C@@]2(COP(=O)(OCc3ccccc3)OCc3ccccc3)C[C@H]12. The first-order chi connectivity index (χ1) is 28.3. The van der Waals surface area contributed by atoms with Crippen LogP contribution in [0.1, 0.15) is 41.1 Å². The Morgan fingerprint density at radius 2 is 1.19 bits per heavy atom.